The van der Waals surface area contributed by atoms with Crippen molar-refractivity contribution in [1.82, 2.24) is 19.8 Å². The van der Waals surface area contributed by atoms with Crippen LogP contribution in [0.3, 0.4) is 0 Å². The van der Waals surface area contributed by atoms with Crippen LogP contribution in [0.2, 0.25) is 0 Å². The highest BCUT2D eigenvalue weighted by Gasteiger charge is 2.11. The normalized spacial score (nSPS) is 11.0. The topological polar surface area (TPSA) is 43.1 Å². The van der Waals surface area contributed by atoms with Gasteiger partial charge in [-0.05, 0) is 23.6 Å². The second-order valence-electron chi connectivity index (χ2n) is 4.36. The number of thiophene rings is 1. The second-order valence-corrected chi connectivity index (χ2v) is 5.30. The van der Waals surface area contributed by atoms with E-state index in [1.54, 1.807) is 15.9 Å². The molecule has 3 heterocycles. The third-order valence-corrected chi connectivity index (χ3v) is 3.94. The van der Waals surface area contributed by atoms with Gasteiger partial charge in [0.05, 0.1) is 10.6 Å². The molecule has 0 atom stereocenters. The zero-order chi connectivity index (χ0) is 13.4. The lowest BCUT2D eigenvalue weighted by Gasteiger charge is -2.02. The molecule has 0 aliphatic rings. The standard InChI is InChI=1S/C15H10N4S/c1-2-5-11(6-3-1)12-8-9-14-16-17-15(19(14)18-12)13-7-4-10-20-13/h1-10H. The van der Waals surface area contributed by atoms with Crippen LogP contribution in [0.15, 0.2) is 60.0 Å². The van der Waals surface area contributed by atoms with Gasteiger partial charge in [0.2, 0.25) is 0 Å². The molecule has 0 unspecified atom stereocenters. The predicted molar refractivity (Wildman–Crippen MR) is 79.5 cm³/mol. The molecule has 0 N–H and O–H groups in total. The molecule has 0 fully saturated rings. The summed E-state index contributed by atoms with van der Waals surface area (Å²) < 4.78 is 1.80. The Balaban J connectivity index is 1.92. The molecule has 4 nitrogen and oxygen atoms in total. The fourth-order valence-electron chi connectivity index (χ4n) is 2.11. The van der Waals surface area contributed by atoms with Gasteiger partial charge in [0.15, 0.2) is 11.5 Å². The zero-order valence-corrected chi connectivity index (χ0v) is 11.3. The van der Waals surface area contributed by atoms with E-state index in [4.69, 9.17) is 0 Å². The van der Waals surface area contributed by atoms with E-state index in [0.29, 0.717) is 0 Å². The molecule has 20 heavy (non-hydrogen) atoms. The van der Waals surface area contributed by atoms with Crippen LogP contribution in [0.1, 0.15) is 0 Å². The Morgan fingerprint density at radius 1 is 0.850 bits per heavy atom. The van der Waals surface area contributed by atoms with Gasteiger partial charge in [-0.15, -0.1) is 21.5 Å². The first-order chi connectivity index (χ1) is 9.92. The molecule has 0 aliphatic carbocycles. The number of hydrogen-bond donors (Lipinski definition) is 0. The molecule has 3 aromatic heterocycles. The van der Waals surface area contributed by atoms with Crippen molar-refractivity contribution < 1.29 is 0 Å². The quantitative estimate of drug-likeness (QED) is 0.563. The van der Waals surface area contributed by atoms with Gasteiger partial charge in [0.25, 0.3) is 0 Å². The number of rotatable bonds is 2. The van der Waals surface area contributed by atoms with Gasteiger partial charge in [-0.3, -0.25) is 0 Å². The van der Waals surface area contributed by atoms with Crippen molar-refractivity contribution in [3.63, 3.8) is 0 Å². The molecular weight excluding hydrogens is 268 g/mol. The van der Waals surface area contributed by atoms with Crippen molar-refractivity contribution in [2.24, 2.45) is 0 Å². The fourth-order valence-corrected chi connectivity index (χ4v) is 2.80. The summed E-state index contributed by atoms with van der Waals surface area (Å²) in [4.78, 5) is 1.07. The van der Waals surface area contributed by atoms with Crippen LogP contribution >= 0.6 is 11.3 Å². The second kappa shape index (κ2) is 4.54. The number of aromatic nitrogens is 4. The van der Waals surface area contributed by atoms with Gasteiger partial charge in [0.1, 0.15) is 0 Å². The van der Waals surface area contributed by atoms with Crippen molar-refractivity contribution >= 4 is 17.0 Å². The number of nitrogens with zero attached hydrogens (tertiary/aromatic N) is 4. The van der Waals surface area contributed by atoms with Gasteiger partial charge >= 0.3 is 0 Å². The van der Waals surface area contributed by atoms with Gasteiger partial charge in [-0.1, -0.05) is 36.4 Å². The SMILES string of the molecule is c1ccc(-c2ccc3nnc(-c4cccs4)n3n2)cc1. The highest BCUT2D eigenvalue weighted by atomic mass is 32.1. The summed E-state index contributed by atoms with van der Waals surface area (Å²) in [6.07, 6.45) is 0. The number of benzene rings is 1. The van der Waals surface area contributed by atoms with Crippen LogP contribution in [0.4, 0.5) is 0 Å². The van der Waals surface area contributed by atoms with Crippen LogP contribution < -0.4 is 0 Å². The molecule has 4 aromatic rings. The van der Waals surface area contributed by atoms with E-state index in [9.17, 15) is 0 Å². The van der Waals surface area contributed by atoms with Crippen LogP contribution in [-0.2, 0) is 0 Å². The van der Waals surface area contributed by atoms with E-state index in [-0.39, 0.29) is 0 Å². The Hall–Kier alpha value is -2.53. The molecule has 1 aromatic carbocycles. The van der Waals surface area contributed by atoms with Crippen molar-refractivity contribution in [3.8, 4) is 22.0 Å². The first-order valence-electron chi connectivity index (χ1n) is 6.23. The smallest absolute Gasteiger partial charge is 0.191 e. The minimum Gasteiger partial charge on any atom is -0.191 e. The van der Waals surface area contributed by atoms with Crippen LogP contribution in [-0.4, -0.2) is 19.8 Å². The van der Waals surface area contributed by atoms with Gasteiger partial charge < -0.3 is 0 Å². The molecule has 0 saturated heterocycles. The first kappa shape index (κ1) is 11.3. The van der Waals surface area contributed by atoms with Gasteiger partial charge in [-0.25, -0.2) is 0 Å². The number of hydrogen-bond acceptors (Lipinski definition) is 4. The lowest BCUT2D eigenvalue weighted by atomic mass is 10.1. The highest BCUT2D eigenvalue weighted by Crippen LogP contribution is 2.24. The average Bonchev–Trinajstić information content (AvgIpc) is 3.16. The Labute approximate surface area is 119 Å². The largest absolute Gasteiger partial charge is 0.195 e. The molecule has 0 aliphatic heterocycles. The Morgan fingerprint density at radius 3 is 2.55 bits per heavy atom. The lowest BCUT2D eigenvalue weighted by molar-refractivity contribution is 0.944. The van der Waals surface area contributed by atoms with E-state index in [0.717, 1.165) is 27.6 Å². The minimum atomic E-state index is 0.757. The third-order valence-electron chi connectivity index (χ3n) is 3.07. The fraction of sp³-hybridized carbons (Fsp3) is 0. The summed E-state index contributed by atoms with van der Waals surface area (Å²) in [5.41, 5.74) is 2.75. The maximum atomic E-state index is 4.66. The number of fused-ring (bicyclic) bond motifs is 1. The maximum absolute atomic E-state index is 4.66. The van der Waals surface area contributed by atoms with E-state index < -0.39 is 0 Å². The predicted octanol–water partition coefficient (Wildman–Crippen LogP) is 3.52. The van der Waals surface area contributed by atoms with Crippen molar-refractivity contribution in [2.45, 2.75) is 0 Å². The maximum Gasteiger partial charge on any atom is 0.195 e. The van der Waals surface area contributed by atoms with E-state index in [2.05, 4.69) is 15.3 Å². The van der Waals surface area contributed by atoms with E-state index in [1.807, 2.05) is 60.0 Å². The molecule has 0 bridgehead atoms. The van der Waals surface area contributed by atoms with E-state index in [1.165, 1.54) is 0 Å². The van der Waals surface area contributed by atoms with Gasteiger partial charge in [0, 0.05) is 5.56 Å². The summed E-state index contributed by atoms with van der Waals surface area (Å²) in [5, 5.41) is 15.1. The molecule has 0 saturated carbocycles. The highest BCUT2D eigenvalue weighted by molar-refractivity contribution is 7.13. The monoisotopic (exact) mass is 278 g/mol. The van der Waals surface area contributed by atoms with Gasteiger partial charge in [-0.2, -0.15) is 9.61 Å². The molecule has 0 radical (unpaired) electrons. The summed E-state index contributed by atoms with van der Waals surface area (Å²) in [5.74, 6) is 0.785. The summed E-state index contributed by atoms with van der Waals surface area (Å²) >= 11 is 1.63. The summed E-state index contributed by atoms with van der Waals surface area (Å²) in [6.45, 7) is 0. The molecule has 0 amide bonds. The van der Waals surface area contributed by atoms with Crippen molar-refractivity contribution in [3.05, 3.63) is 60.0 Å². The first-order valence-corrected chi connectivity index (χ1v) is 7.11. The molecule has 96 valence electrons. The van der Waals surface area contributed by atoms with Crippen LogP contribution in [0, 0.1) is 0 Å². The Bertz CT molecular complexity index is 850. The minimum absolute atomic E-state index is 0.757. The molecule has 0 spiro atoms. The average molecular weight is 278 g/mol. The molecule has 4 rings (SSSR count). The molecular formula is C15H10N4S. The van der Waals surface area contributed by atoms with Crippen LogP contribution in [0.25, 0.3) is 27.6 Å². The Kier molecular flexibility index (Phi) is 2.57. The summed E-state index contributed by atoms with van der Waals surface area (Å²) in [6, 6.07) is 18.0. The van der Waals surface area contributed by atoms with Crippen LogP contribution in [0.5, 0.6) is 0 Å². The van der Waals surface area contributed by atoms with Crippen molar-refractivity contribution in [1.29, 1.82) is 0 Å². The summed E-state index contributed by atoms with van der Waals surface area (Å²) in [7, 11) is 0. The van der Waals surface area contributed by atoms with E-state index >= 15 is 0 Å². The van der Waals surface area contributed by atoms with Crippen molar-refractivity contribution in [2.75, 3.05) is 0 Å². The Morgan fingerprint density at radius 2 is 1.75 bits per heavy atom. The zero-order valence-electron chi connectivity index (χ0n) is 10.5. The third kappa shape index (κ3) is 1.80. The molecule has 5 heteroatoms. The lowest BCUT2D eigenvalue weighted by Crippen LogP contribution is -1.96.